The maximum atomic E-state index is 11.6. The fourth-order valence-electron chi connectivity index (χ4n) is 1.56. The highest BCUT2D eigenvalue weighted by Crippen LogP contribution is 2.08. The minimum Gasteiger partial charge on any atom is -0.449 e. The van der Waals surface area contributed by atoms with E-state index in [1.54, 1.807) is 11.9 Å². The highest BCUT2D eigenvalue weighted by Gasteiger charge is 2.16. The third-order valence-electron chi connectivity index (χ3n) is 2.75. The number of hydrogen-bond donors (Lipinski definition) is 0. The van der Waals surface area contributed by atoms with Crippen molar-refractivity contribution in [3.63, 3.8) is 0 Å². The quantitative estimate of drug-likeness (QED) is 0.785. The molecule has 3 nitrogen and oxygen atoms in total. The molecule has 0 aliphatic heterocycles. The van der Waals surface area contributed by atoms with Gasteiger partial charge in [0.05, 0.1) is 6.61 Å². The maximum absolute atomic E-state index is 11.6. The molecule has 94 valence electrons. The number of ether oxygens (including phenoxy) is 1. The van der Waals surface area contributed by atoms with Crippen molar-refractivity contribution >= 4 is 6.09 Å². The molecule has 0 saturated heterocycles. The molecule has 0 spiro atoms. The number of carbonyl (C=O) groups excluding carboxylic acids is 1. The summed E-state index contributed by atoms with van der Waals surface area (Å²) in [5.41, 5.74) is 1.23. The molecular weight excluding hydrogens is 214 g/mol. The zero-order valence-corrected chi connectivity index (χ0v) is 10.8. The van der Waals surface area contributed by atoms with Crippen molar-refractivity contribution in [1.82, 2.24) is 4.90 Å². The van der Waals surface area contributed by atoms with Gasteiger partial charge in [0, 0.05) is 13.1 Å². The average molecular weight is 235 g/mol. The number of likely N-dealkylation sites (N-methyl/N-ethyl adjacent to an activating group) is 1. The Morgan fingerprint density at radius 1 is 1.35 bits per heavy atom. The lowest BCUT2D eigenvalue weighted by Crippen LogP contribution is -2.37. The molecular formula is C14H21NO2. The van der Waals surface area contributed by atoms with Gasteiger partial charge in [-0.1, -0.05) is 37.3 Å². The molecule has 17 heavy (non-hydrogen) atoms. The number of hydrogen-bond acceptors (Lipinski definition) is 2. The van der Waals surface area contributed by atoms with Crippen LogP contribution in [0.2, 0.25) is 0 Å². The lowest BCUT2D eigenvalue weighted by atomic mass is 10.1. The van der Waals surface area contributed by atoms with E-state index in [1.807, 2.05) is 32.0 Å². The molecule has 0 N–H and O–H groups in total. The Bertz CT molecular complexity index is 337. The van der Waals surface area contributed by atoms with Crippen LogP contribution in [0.3, 0.4) is 0 Å². The Morgan fingerprint density at radius 2 is 2.00 bits per heavy atom. The third-order valence-corrected chi connectivity index (χ3v) is 2.75. The third kappa shape index (κ3) is 4.47. The summed E-state index contributed by atoms with van der Waals surface area (Å²) in [6.45, 7) is 4.50. The van der Waals surface area contributed by atoms with E-state index in [4.69, 9.17) is 4.74 Å². The van der Waals surface area contributed by atoms with Crippen molar-refractivity contribution in [2.45, 2.75) is 32.7 Å². The van der Waals surface area contributed by atoms with Crippen LogP contribution in [0.5, 0.6) is 0 Å². The molecule has 1 aromatic carbocycles. The van der Waals surface area contributed by atoms with E-state index < -0.39 is 0 Å². The average Bonchev–Trinajstić information content (AvgIpc) is 2.36. The van der Waals surface area contributed by atoms with Crippen LogP contribution in [-0.2, 0) is 11.2 Å². The summed E-state index contributed by atoms with van der Waals surface area (Å²) in [6, 6.07) is 10.3. The monoisotopic (exact) mass is 235 g/mol. The van der Waals surface area contributed by atoms with Gasteiger partial charge in [-0.3, -0.25) is 0 Å². The SMILES string of the molecule is CCCOC(=O)N(C)C(C)Cc1ccccc1. The molecule has 1 unspecified atom stereocenters. The molecule has 0 bridgehead atoms. The second-order valence-electron chi connectivity index (χ2n) is 4.26. The van der Waals surface area contributed by atoms with Crippen LogP contribution in [0.15, 0.2) is 30.3 Å². The van der Waals surface area contributed by atoms with Crippen LogP contribution in [-0.4, -0.2) is 30.7 Å². The van der Waals surface area contributed by atoms with E-state index in [1.165, 1.54) is 5.56 Å². The largest absolute Gasteiger partial charge is 0.449 e. The first-order valence-corrected chi connectivity index (χ1v) is 6.08. The number of nitrogens with zero attached hydrogens (tertiary/aromatic N) is 1. The highest BCUT2D eigenvalue weighted by atomic mass is 16.6. The Morgan fingerprint density at radius 3 is 2.59 bits per heavy atom. The zero-order valence-electron chi connectivity index (χ0n) is 10.8. The van der Waals surface area contributed by atoms with Crippen LogP contribution in [0.4, 0.5) is 4.79 Å². The van der Waals surface area contributed by atoms with E-state index in [0.29, 0.717) is 6.61 Å². The minimum atomic E-state index is -0.240. The molecule has 1 amide bonds. The number of amides is 1. The minimum absolute atomic E-state index is 0.141. The molecule has 0 radical (unpaired) electrons. The van der Waals surface area contributed by atoms with Gasteiger partial charge in [0.1, 0.15) is 0 Å². The smallest absolute Gasteiger partial charge is 0.409 e. The molecule has 0 heterocycles. The summed E-state index contributed by atoms with van der Waals surface area (Å²) in [6.07, 6.45) is 1.46. The van der Waals surface area contributed by atoms with Gasteiger partial charge in [0.15, 0.2) is 0 Å². The van der Waals surface area contributed by atoms with Crippen LogP contribution in [0.1, 0.15) is 25.8 Å². The summed E-state index contributed by atoms with van der Waals surface area (Å²) >= 11 is 0. The fraction of sp³-hybridized carbons (Fsp3) is 0.500. The number of rotatable bonds is 5. The van der Waals surface area contributed by atoms with Crippen molar-refractivity contribution < 1.29 is 9.53 Å². The first-order chi connectivity index (χ1) is 8.15. The standard InChI is InChI=1S/C14H21NO2/c1-4-10-17-14(16)15(3)12(2)11-13-8-6-5-7-9-13/h5-9,12H,4,10-11H2,1-3H3. The first kappa shape index (κ1) is 13.6. The van der Waals surface area contributed by atoms with Crippen molar-refractivity contribution in [2.24, 2.45) is 0 Å². The molecule has 1 aromatic rings. The van der Waals surface area contributed by atoms with Gasteiger partial charge < -0.3 is 9.64 Å². The zero-order chi connectivity index (χ0) is 12.7. The molecule has 0 saturated carbocycles. The summed E-state index contributed by atoms with van der Waals surface area (Å²) in [5, 5.41) is 0. The van der Waals surface area contributed by atoms with E-state index >= 15 is 0 Å². The lowest BCUT2D eigenvalue weighted by molar-refractivity contribution is 0.0995. The van der Waals surface area contributed by atoms with Gasteiger partial charge in [-0.15, -0.1) is 0 Å². The summed E-state index contributed by atoms with van der Waals surface area (Å²) in [4.78, 5) is 13.3. The second-order valence-corrected chi connectivity index (χ2v) is 4.26. The molecule has 0 aliphatic rings. The number of benzene rings is 1. The van der Waals surface area contributed by atoms with Crippen LogP contribution in [0.25, 0.3) is 0 Å². The molecule has 3 heteroatoms. The van der Waals surface area contributed by atoms with Crippen molar-refractivity contribution in [2.75, 3.05) is 13.7 Å². The molecule has 0 aromatic heterocycles. The van der Waals surface area contributed by atoms with Gasteiger partial charge >= 0.3 is 6.09 Å². The highest BCUT2D eigenvalue weighted by molar-refractivity contribution is 5.67. The maximum Gasteiger partial charge on any atom is 0.409 e. The van der Waals surface area contributed by atoms with E-state index in [0.717, 1.165) is 12.8 Å². The van der Waals surface area contributed by atoms with Crippen LogP contribution >= 0.6 is 0 Å². The summed E-state index contributed by atoms with van der Waals surface area (Å²) < 4.78 is 5.10. The molecule has 0 aliphatic carbocycles. The van der Waals surface area contributed by atoms with E-state index in [9.17, 15) is 4.79 Å². The van der Waals surface area contributed by atoms with Gasteiger partial charge in [0.25, 0.3) is 0 Å². The predicted molar refractivity (Wildman–Crippen MR) is 69.0 cm³/mol. The van der Waals surface area contributed by atoms with E-state index in [-0.39, 0.29) is 12.1 Å². The van der Waals surface area contributed by atoms with Gasteiger partial charge in [-0.05, 0) is 25.3 Å². The van der Waals surface area contributed by atoms with Crippen molar-refractivity contribution in [3.05, 3.63) is 35.9 Å². The van der Waals surface area contributed by atoms with Gasteiger partial charge in [-0.2, -0.15) is 0 Å². The van der Waals surface area contributed by atoms with Crippen LogP contribution < -0.4 is 0 Å². The molecule has 1 atom stereocenters. The van der Waals surface area contributed by atoms with Crippen molar-refractivity contribution in [3.8, 4) is 0 Å². The first-order valence-electron chi connectivity index (χ1n) is 6.08. The Labute approximate surface area is 103 Å². The van der Waals surface area contributed by atoms with E-state index in [2.05, 4.69) is 12.1 Å². The summed E-state index contributed by atoms with van der Waals surface area (Å²) in [7, 11) is 1.78. The molecule has 1 rings (SSSR count). The Kier molecular flexibility index (Phi) is 5.53. The predicted octanol–water partition coefficient (Wildman–Crippen LogP) is 3.10. The number of carbonyl (C=O) groups is 1. The normalized spacial score (nSPS) is 11.9. The summed E-state index contributed by atoms with van der Waals surface area (Å²) in [5.74, 6) is 0. The fourth-order valence-corrected chi connectivity index (χ4v) is 1.56. The Balaban J connectivity index is 2.46. The van der Waals surface area contributed by atoms with Gasteiger partial charge in [-0.25, -0.2) is 4.79 Å². The lowest BCUT2D eigenvalue weighted by Gasteiger charge is -2.24. The Hall–Kier alpha value is -1.51. The van der Waals surface area contributed by atoms with Crippen molar-refractivity contribution in [1.29, 1.82) is 0 Å². The van der Waals surface area contributed by atoms with Crippen LogP contribution in [0, 0.1) is 0 Å². The topological polar surface area (TPSA) is 29.5 Å². The molecule has 0 fully saturated rings. The van der Waals surface area contributed by atoms with Gasteiger partial charge in [0.2, 0.25) is 0 Å². The second kappa shape index (κ2) is 6.94.